The highest BCUT2D eigenvalue weighted by atomic mass is 16.7. The van der Waals surface area contributed by atoms with Gasteiger partial charge in [-0.2, -0.15) is 0 Å². The molecule has 1 aromatic rings. The molecule has 0 bridgehead atoms. The quantitative estimate of drug-likeness (QED) is 0.679. The van der Waals surface area contributed by atoms with Crippen LogP contribution in [0.2, 0.25) is 0 Å². The third kappa shape index (κ3) is 1.35. The summed E-state index contributed by atoms with van der Waals surface area (Å²) in [5, 5.41) is 0. The van der Waals surface area contributed by atoms with Crippen molar-refractivity contribution in [1.29, 1.82) is 0 Å². The number of amides is 1. The Balaban J connectivity index is 1.86. The van der Waals surface area contributed by atoms with E-state index in [4.69, 9.17) is 9.47 Å². The van der Waals surface area contributed by atoms with E-state index in [9.17, 15) is 4.79 Å². The number of anilines is 1. The molecule has 3 aliphatic rings. The van der Waals surface area contributed by atoms with Crippen molar-refractivity contribution in [2.24, 2.45) is 0 Å². The second kappa shape index (κ2) is 3.71. The average Bonchev–Trinajstić information content (AvgIpc) is 3.10. The van der Waals surface area contributed by atoms with Crippen molar-refractivity contribution >= 4 is 11.6 Å². The zero-order valence-electron chi connectivity index (χ0n) is 11.7. The van der Waals surface area contributed by atoms with Gasteiger partial charge in [-0.25, -0.2) is 0 Å². The molecule has 0 aromatic heterocycles. The molecule has 0 aliphatic carbocycles. The first-order chi connectivity index (χ1) is 9.56. The van der Waals surface area contributed by atoms with Crippen molar-refractivity contribution in [2.75, 3.05) is 18.6 Å². The topological polar surface area (TPSA) is 38.8 Å². The Bertz CT molecular complexity index is 631. The Labute approximate surface area is 118 Å². The molecule has 0 radical (unpaired) electrons. The molecule has 0 saturated carbocycles. The van der Waals surface area contributed by atoms with Gasteiger partial charge < -0.3 is 14.4 Å². The summed E-state index contributed by atoms with van der Waals surface area (Å²) in [4.78, 5) is 14.4. The lowest BCUT2D eigenvalue weighted by atomic mass is 9.94. The van der Waals surface area contributed by atoms with Crippen LogP contribution in [0.4, 0.5) is 5.69 Å². The SMILES string of the molecule is Cc1ccc2c(c1)C1(C=CC3(CCCO3)O1)C(=O)N2C. The van der Waals surface area contributed by atoms with Crippen LogP contribution in [0, 0.1) is 6.92 Å². The number of ether oxygens (including phenoxy) is 2. The van der Waals surface area contributed by atoms with Crippen molar-refractivity contribution in [1.82, 2.24) is 0 Å². The summed E-state index contributed by atoms with van der Waals surface area (Å²) >= 11 is 0. The molecule has 2 unspecified atom stereocenters. The largest absolute Gasteiger partial charge is 0.346 e. The zero-order chi connectivity index (χ0) is 14.0. The van der Waals surface area contributed by atoms with E-state index in [0.717, 1.165) is 29.7 Å². The maximum Gasteiger partial charge on any atom is 0.267 e. The zero-order valence-corrected chi connectivity index (χ0v) is 11.7. The number of benzene rings is 1. The van der Waals surface area contributed by atoms with Crippen LogP contribution >= 0.6 is 0 Å². The van der Waals surface area contributed by atoms with Crippen LogP contribution in [0.15, 0.2) is 30.4 Å². The molecule has 3 heterocycles. The average molecular weight is 271 g/mol. The molecule has 1 saturated heterocycles. The maximum absolute atomic E-state index is 12.7. The number of carbonyl (C=O) groups excluding carboxylic acids is 1. The Morgan fingerprint density at radius 1 is 1.30 bits per heavy atom. The second-order valence-electron chi connectivity index (χ2n) is 5.82. The highest BCUT2D eigenvalue weighted by Crippen LogP contribution is 2.51. The van der Waals surface area contributed by atoms with E-state index in [0.29, 0.717) is 6.61 Å². The van der Waals surface area contributed by atoms with Gasteiger partial charge in [0.05, 0.1) is 12.3 Å². The van der Waals surface area contributed by atoms with Crippen molar-refractivity contribution in [3.05, 3.63) is 41.5 Å². The van der Waals surface area contributed by atoms with Gasteiger partial charge in [-0.3, -0.25) is 4.79 Å². The Hall–Kier alpha value is -1.65. The lowest BCUT2D eigenvalue weighted by Gasteiger charge is -2.28. The summed E-state index contributed by atoms with van der Waals surface area (Å²) in [5.41, 5.74) is 1.96. The molecule has 20 heavy (non-hydrogen) atoms. The fourth-order valence-corrected chi connectivity index (χ4v) is 3.41. The van der Waals surface area contributed by atoms with Gasteiger partial charge >= 0.3 is 0 Å². The lowest BCUT2D eigenvalue weighted by molar-refractivity contribution is -0.213. The fraction of sp³-hybridized carbons (Fsp3) is 0.438. The van der Waals surface area contributed by atoms with Gasteiger partial charge in [0.25, 0.3) is 5.91 Å². The van der Waals surface area contributed by atoms with Crippen molar-refractivity contribution in [3.8, 4) is 0 Å². The molecule has 1 amide bonds. The predicted octanol–water partition coefficient (Wildman–Crippen LogP) is 2.26. The standard InChI is InChI=1S/C16H17NO3/c1-11-4-5-13-12(10-11)16(14(18)17(13)2)8-7-15(20-16)6-3-9-19-15/h4-5,7-8,10H,3,6,9H2,1-2H3. The Morgan fingerprint density at radius 2 is 2.15 bits per heavy atom. The van der Waals surface area contributed by atoms with Gasteiger partial charge in [-0.15, -0.1) is 0 Å². The number of likely N-dealkylation sites (N-methyl/N-ethyl adjacent to an activating group) is 1. The van der Waals surface area contributed by atoms with Crippen molar-refractivity contribution in [2.45, 2.75) is 31.2 Å². The number of fused-ring (bicyclic) bond motifs is 2. The molecular formula is C16H17NO3. The predicted molar refractivity (Wildman–Crippen MR) is 74.4 cm³/mol. The number of carbonyl (C=O) groups is 1. The summed E-state index contributed by atoms with van der Waals surface area (Å²) in [6.45, 7) is 2.71. The van der Waals surface area contributed by atoms with Crippen LogP contribution in [-0.2, 0) is 19.9 Å². The van der Waals surface area contributed by atoms with E-state index >= 15 is 0 Å². The maximum atomic E-state index is 12.7. The Kier molecular flexibility index (Phi) is 2.25. The van der Waals surface area contributed by atoms with Crippen LogP contribution < -0.4 is 4.90 Å². The number of hydrogen-bond acceptors (Lipinski definition) is 3. The first-order valence-electron chi connectivity index (χ1n) is 7.00. The lowest BCUT2D eigenvalue weighted by Crippen LogP contribution is -2.42. The molecule has 2 atom stereocenters. The van der Waals surface area contributed by atoms with Crippen molar-refractivity contribution < 1.29 is 14.3 Å². The summed E-state index contributed by atoms with van der Waals surface area (Å²) < 4.78 is 11.9. The van der Waals surface area contributed by atoms with Crippen LogP contribution in [0.1, 0.15) is 24.0 Å². The molecule has 104 valence electrons. The molecule has 4 heteroatoms. The van der Waals surface area contributed by atoms with E-state index in [1.807, 2.05) is 37.3 Å². The van der Waals surface area contributed by atoms with E-state index in [-0.39, 0.29) is 5.91 Å². The number of rotatable bonds is 0. The number of aryl methyl sites for hydroxylation is 1. The molecule has 3 aliphatic heterocycles. The molecule has 1 aromatic carbocycles. The first kappa shape index (κ1) is 12.1. The summed E-state index contributed by atoms with van der Waals surface area (Å²) in [6, 6.07) is 6.03. The van der Waals surface area contributed by atoms with Gasteiger partial charge in [-0.1, -0.05) is 17.7 Å². The van der Waals surface area contributed by atoms with Crippen LogP contribution in [0.3, 0.4) is 0 Å². The van der Waals surface area contributed by atoms with E-state index in [1.165, 1.54) is 0 Å². The highest BCUT2D eigenvalue weighted by Gasteiger charge is 2.58. The van der Waals surface area contributed by atoms with Gasteiger partial charge in [0.15, 0.2) is 11.4 Å². The van der Waals surface area contributed by atoms with Gasteiger partial charge in [0, 0.05) is 19.0 Å². The number of hydrogen-bond donors (Lipinski definition) is 0. The van der Waals surface area contributed by atoms with E-state index in [1.54, 1.807) is 11.9 Å². The minimum Gasteiger partial charge on any atom is -0.346 e. The monoisotopic (exact) mass is 271 g/mol. The highest BCUT2D eigenvalue weighted by molar-refractivity contribution is 6.08. The first-order valence-corrected chi connectivity index (χ1v) is 7.00. The van der Waals surface area contributed by atoms with Gasteiger partial charge in [-0.05, 0) is 31.6 Å². The molecule has 0 N–H and O–H groups in total. The van der Waals surface area contributed by atoms with Crippen molar-refractivity contribution in [3.63, 3.8) is 0 Å². The third-order valence-corrected chi connectivity index (χ3v) is 4.46. The smallest absolute Gasteiger partial charge is 0.267 e. The van der Waals surface area contributed by atoms with Crippen LogP contribution in [-0.4, -0.2) is 25.3 Å². The van der Waals surface area contributed by atoms with Crippen LogP contribution in [0.25, 0.3) is 0 Å². The normalized spacial score (nSPS) is 34.7. The molecule has 4 rings (SSSR count). The minimum absolute atomic E-state index is 0.0401. The second-order valence-corrected chi connectivity index (χ2v) is 5.82. The van der Waals surface area contributed by atoms with E-state index < -0.39 is 11.4 Å². The number of nitrogens with zero attached hydrogens (tertiary/aromatic N) is 1. The van der Waals surface area contributed by atoms with Gasteiger partial charge in [0.2, 0.25) is 0 Å². The van der Waals surface area contributed by atoms with Gasteiger partial charge in [0.1, 0.15) is 0 Å². The fourth-order valence-electron chi connectivity index (χ4n) is 3.41. The Morgan fingerprint density at radius 3 is 2.90 bits per heavy atom. The molecule has 1 fully saturated rings. The summed E-state index contributed by atoms with van der Waals surface area (Å²) in [7, 11) is 1.79. The molecule has 2 spiro atoms. The summed E-state index contributed by atoms with van der Waals surface area (Å²) in [6.07, 6.45) is 5.57. The van der Waals surface area contributed by atoms with Crippen LogP contribution in [0.5, 0.6) is 0 Å². The summed E-state index contributed by atoms with van der Waals surface area (Å²) in [5.74, 6) is -0.747. The molecular weight excluding hydrogens is 254 g/mol. The molecule has 4 nitrogen and oxygen atoms in total. The van der Waals surface area contributed by atoms with E-state index in [2.05, 4.69) is 0 Å². The minimum atomic E-state index is -1.000. The third-order valence-electron chi connectivity index (χ3n) is 4.46.